The third-order valence-corrected chi connectivity index (χ3v) is 5.12. The van der Waals surface area contributed by atoms with E-state index in [1.165, 1.54) is 12.4 Å². The Morgan fingerprint density at radius 1 is 1.20 bits per heavy atom. The molecule has 1 atom stereocenters. The fourth-order valence-electron chi connectivity index (χ4n) is 3.64. The van der Waals surface area contributed by atoms with Crippen LogP contribution in [0.15, 0.2) is 36.9 Å². The second-order valence-electron chi connectivity index (χ2n) is 6.64. The van der Waals surface area contributed by atoms with Gasteiger partial charge in [-0.25, -0.2) is 14.4 Å². The van der Waals surface area contributed by atoms with E-state index in [4.69, 9.17) is 0 Å². The first-order chi connectivity index (χ1) is 12.1. The minimum absolute atomic E-state index is 0.0672. The van der Waals surface area contributed by atoms with E-state index in [1.54, 1.807) is 12.4 Å². The van der Waals surface area contributed by atoms with Gasteiger partial charge in [0.2, 0.25) is 11.9 Å². The van der Waals surface area contributed by atoms with Crippen LogP contribution in [0.4, 0.5) is 16.0 Å². The maximum Gasteiger partial charge on any atom is 0.241 e. The smallest absolute Gasteiger partial charge is 0.241 e. The summed E-state index contributed by atoms with van der Waals surface area (Å²) >= 11 is 0. The summed E-state index contributed by atoms with van der Waals surface area (Å²) in [7, 11) is 1.98. The molecular formula is C17H19FN6O. The average Bonchev–Trinajstić information content (AvgIpc) is 3.05. The molecule has 2 aromatic heterocycles. The van der Waals surface area contributed by atoms with Crippen molar-refractivity contribution in [2.24, 2.45) is 0 Å². The standard InChI is InChI=1S/C17H19FN6O/c1-22-10-15(25)24(14-3-2-5-19-9-14)12-17(22)4-6-23(11-17)16-20-7-13(18)8-21-16/h2-3,5,7-9H,4,6,10-12H2,1H3/t17-/m0/s1. The molecule has 2 aliphatic rings. The molecule has 2 aliphatic heterocycles. The zero-order valence-corrected chi connectivity index (χ0v) is 14.0. The number of amides is 1. The molecule has 25 heavy (non-hydrogen) atoms. The van der Waals surface area contributed by atoms with Crippen LogP contribution in [-0.4, -0.2) is 64.5 Å². The number of pyridine rings is 1. The minimum Gasteiger partial charge on any atom is -0.339 e. The number of nitrogens with zero attached hydrogens (tertiary/aromatic N) is 6. The predicted octanol–water partition coefficient (Wildman–Crippen LogP) is 0.938. The van der Waals surface area contributed by atoms with E-state index in [2.05, 4.69) is 19.9 Å². The van der Waals surface area contributed by atoms with Gasteiger partial charge in [-0.1, -0.05) is 0 Å². The van der Waals surface area contributed by atoms with Crippen molar-refractivity contribution in [1.29, 1.82) is 0 Å². The predicted molar refractivity (Wildman–Crippen MR) is 90.8 cm³/mol. The Balaban J connectivity index is 1.58. The molecule has 0 N–H and O–H groups in total. The van der Waals surface area contributed by atoms with Crippen molar-refractivity contribution >= 4 is 17.5 Å². The van der Waals surface area contributed by atoms with Crippen LogP contribution in [0.1, 0.15) is 6.42 Å². The highest BCUT2D eigenvalue weighted by Crippen LogP contribution is 2.34. The van der Waals surface area contributed by atoms with Crippen LogP contribution in [0.25, 0.3) is 0 Å². The number of piperazine rings is 1. The molecule has 7 nitrogen and oxygen atoms in total. The van der Waals surface area contributed by atoms with Gasteiger partial charge in [-0.05, 0) is 25.6 Å². The van der Waals surface area contributed by atoms with E-state index < -0.39 is 5.82 Å². The summed E-state index contributed by atoms with van der Waals surface area (Å²) in [6.07, 6.45) is 6.66. The lowest BCUT2D eigenvalue weighted by Crippen LogP contribution is -2.64. The van der Waals surface area contributed by atoms with Gasteiger partial charge in [-0.2, -0.15) is 0 Å². The Morgan fingerprint density at radius 3 is 2.72 bits per heavy atom. The summed E-state index contributed by atoms with van der Waals surface area (Å²) in [6, 6.07) is 3.74. The third kappa shape index (κ3) is 2.82. The first-order valence-electron chi connectivity index (χ1n) is 8.22. The third-order valence-electron chi connectivity index (χ3n) is 5.12. The van der Waals surface area contributed by atoms with E-state index in [-0.39, 0.29) is 11.4 Å². The lowest BCUT2D eigenvalue weighted by atomic mass is 9.92. The Bertz CT molecular complexity index is 770. The molecule has 2 saturated heterocycles. The normalized spacial score (nSPS) is 24.3. The lowest BCUT2D eigenvalue weighted by Gasteiger charge is -2.46. The SMILES string of the molecule is CN1CC(=O)N(c2cccnc2)C[C@@]12CCN(c1ncc(F)cn1)C2. The number of hydrogen-bond donors (Lipinski definition) is 0. The number of likely N-dealkylation sites (N-methyl/N-ethyl adjacent to an activating group) is 1. The monoisotopic (exact) mass is 342 g/mol. The second-order valence-corrected chi connectivity index (χ2v) is 6.64. The fourth-order valence-corrected chi connectivity index (χ4v) is 3.64. The minimum atomic E-state index is -0.444. The zero-order valence-electron chi connectivity index (χ0n) is 14.0. The van der Waals surface area contributed by atoms with Crippen molar-refractivity contribution < 1.29 is 9.18 Å². The van der Waals surface area contributed by atoms with Crippen LogP contribution in [0.2, 0.25) is 0 Å². The van der Waals surface area contributed by atoms with Gasteiger partial charge < -0.3 is 9.80 Å². The number of carbonyl (C=O) groups excluding carboxylic acids is 1. The number of rotatable bonds is 2. The van der Waals surface area contributed by atoms with Gasteiger partial charge in [0.1, 0.15) is 0 Å². The molecule has 4 heterocycles. The van der Waals surface area contributed by atoms with Crippen LogP contribution in [0, 0.1) is 5.82 Å². The summed E-state index contributed by atoms with van der Waals surface area (Å²) in [5.74, 6) is 0.148. The summed E-state index contributed by atoms with van der Waals surface area (Å²) in [6.45, 7) is 2.41. The van der Waals surface area contributed by atoms with E-state index >= 15 is 0 Å². The van der Waals surface area contributed by atoms with E-state index in [0.717, 1.165) is 18.7 Å². The summed E-state index contributed by atoms with van der Waals surface area (Å²) in [5, 5.41) is 0. The van der Waals surface area contributed by atoms with Gasteiger partial charge in [0, 0.05) is 25.8 Å². The van der Waals surface area contributed by atoms with Crippen molar-refractivity contribution in [2.45, 2.75) is 12.0 Å². The maximum absolute atomic E-state index is 13.1. The highest BCUT2D eigenvalue weighted by atomic mass is 19.1. The van der Waals surface area contributed by atoms with E-state index in [1.807, 2.05) is 29.0 Å². The molecule has 0 saturated carbocycles. The number of halogens is 1. The van der Waals surface area contributed by atoms with Crippen molar-refractivity contribution in [3.63, 3.8) is 0 Å². The summed E-state index contributed by atoms with van der Waals surface area (Å²) < 4.78 is 13.1. The van der Waals surface area contributed by atoms with Crippen LogP contribution in [-0.2, 0) is 4.79 Å². The molecule has 0 aliphatic carbocycles. The Hall–Kier alpha value is -2.61. The van der Waals surface area contributed by atoms with Gasteiger partial charge in [0.05, 0.1) is 36.4 Å². The largest absolute Gasteiger partial charge is 0.339 e. The van der Waals surface area contributed by atoms with Crippen LogP contribution >= 0.6 is 0 Å². The highest BCUT2D eigenvalue weighted by Gasteiger charge is 2.48. The first-order valence-corrected chi connectivity index (χ1v) is 8.22. The van der Waals surface area contributed by atoms with Crippen molar-refractivity contribution in [2.75, 3.05) is 43.0 Å². The topological polar surface area (TPSA) is 65.5 Å². The van der Waals surface area contributed by atoms with Crippen LogP contribution in [0.3, 0.4) is 0 Å². The van der Waals surface area contributed by atoms with E-state index in [9.17, 15) is 9.18 Å². The van der Waals surface area contributed by atoms with Crippen molar-refractivity contribution in [3.8, 4) is 0 Å². The van der Waals surface area contributed by atoms with Crippen LogP contribution in [0.5, 0.6) is 0 Å². The molecule has 1 amide bonds. The summed E-state index contributed by atoms with van der Waals surface area (Å²) in [4.78, 5) is 30.8. The number of aromatic nitrogens is 3. The molecule has 0 bridgehead atoms. The van der Waals surface area contributed by atoms with E-state index in [0.29, 0.717) is 25.6 Å². The maximum atomic E-state index is 13.1. The average molecular weight is 342 g/mol. The quantitative estimate of drug-likeness (QED) is 0.809. The molecule has 0 aromatic carbocycles. The molecule has 2 fully saturated rings. The molecule has 0 unspecified atom stereocenters. The Kier molecular flexibility index (Phi) is 3.84. The van der Waals surface area contributed by atoms with Crippen molar-refractivity contribution in [1.82, 2.24) is 19.9 Å². The number of hydrogen-bond acceptors (Lipinski definition) is 6. The van der Waals surface area contributed by atoms with Crippen LogP contribution < -0.4 is 9.80 Å². The molecule has 2 aromatic rings. The zero-order chi connectivity index (χ0) is 17.4. The molecule has 130 valence electrons. The first kappa shape index (κ1) is 15.9. The second kappa shape index (κ2) is 6.03. The van der Waals surface area contributed by atoms with Gasteiger partial charge >= 0.3 is 0 Å². The number of anilines is 2. The molecular weight excluding hydrogens is 323 g/mol. The van der Waals surface area contributed by atoms with Crippen molar-refractivity contribution in [3.05, 3.63) is 42.7 Å². The van der Waals surface area contributed by atoms with Gasteiger partial charge in [0.25, 0.3) is 0 Å². The van der Waals surface area contributed by atoms with Gasteiger partial charge in [-0.3, -0.25) is 14.7 Å². The van der Waals surface area contributed by atoms with Gasteiger partial charge in [-0.15, -0.1) is 0 Å². The number of carbonyl (C=O) groups is 1. The lowest BCUT2D eigenvalue weighted by molar-refractivity contribution is -0.123. The molecule has 1 spiro atoms. The Labute approximate surface area is 145 Å². The summed E-state index contributed by atoms with van der Waals surface area (Å²) in [5.41, 5.74) is 0.637. The molecule has 0 radical (unpaired) electrons. The Morgan fingerprint density at radius 2 is 2.00 bits per heavy atom. The fraction of sp³-hybridized carbons (Fsp3) is 0.412. The molecule has 4 rings (SSSR count). The van der Waals surface area contributed by atoms with Gasteiger partial charge in [0.15, 0.2) is 5.82 Å². The highest BCUT2D eigenvalue weighted by molar-refractivity contribution is 5.95. The molecule has 8 heteroatoms.